The number of benzene rings is 1. The summed E-state index contributed by atoms with van der Waals surface area (Å²) in [4.78, 5) is 17.9. The number of anilines is 1. The van der Waals surface area contributed by atoms with Gasteiger partial charge in [0.05, 0.1) is 0 Å². The standard InChI is InChI=1S/C15H17BrN2O2/c1-15(2,3)20-14(19)18(4)12-9-10-7-5-6-8-11(10)13(16)17-12/h5-9H,1-4H3. The first-order valence-corrected chi connectivity index (χ1v) is 7.09. The van der Waals surface area contributed by atoms with Crippen LogP contribution in [0.4, 0.5) is 10.6 Å². The first kappa shape index (κ1) is 14.8. The monoisotopic (exact) mass is 336 g/mol. The highest BCUT2D eigenvalue weighted by atomic mass is 79.9. The lowest BCUT2D eigenvalue weighted by atomic mass is 10.2. The number of halogens is 1. The van der Waals surface area contributed by atoms with Crippen molar-refractivity contribution in [2.45, 2.75) is 26.4 Å². The molecule has 0 bridgehead atoms. The molecule has 0 fully saturated rings. The maximum absolute atomic E-state index is 12.1. The Morgan fingerprint density at radius 1 is 1.30 bits per heavy atom. The minimum absolute atomic E-state index is 0.424. The van der Waals surface area contributed by atoms with Crippen molar-refractivity contribution in [2.75, 3.05) is 11.9 Å². The molecule has 0 aliphatic rings. The zero-order chi connectivity index (χ0) is 14.9. The van der Waals surface area contributed by atoms with E-state index in [1.54, 1.807) is 7.05 Å². The van der Waals surface area contributed by atoms with Gasteiger partial charge in [0.25, 0.3) is 0 Å². The Hall–Kier alpha value is -1.62. The fraction of sp³-hybridized carbons (Fsp3) is 0.333. The first-order chi connectivity index (χ1) is 9.28. The summed E-state index contributed by atoms with van der Waals surface area (Å²) in [6, 6.07) is 9.72. The van der Waals surface area contributed by atoms with E-state index in [4.69, 9.17) is 4.74 Å². The van der Waals surface area contributed by atoms with Crippen molar-refractivity contribution in [1.29, 1.82) is 0 Å². The number of rotatable bonds is 1. The van der Waals surface area contributed by atoms with E-state index in [0.29, 0.717) is 10.4 Å². The van der Waals surface area contributed by atoms with E-state index < -0.39 is 11.7 Å². The van der Waals surface area contributed by atoms with E-state index in [-0.39, 0.29) is 0 Å². The quantitative estimate of drug-likeness (QED) is 0.726. The van der Waals surface area contributed by atoms with Crippen molar-refractivity contribution >= 4 is 38.6 Å². The number of ether oxygens (including phenoxy) is 1. The van der Waals surface area contributed by atoms with Gasteiger partial charge in [-0.05, 0) is 48.2 Å². The summed E-state index contributed by atoms with van der Waals surface area (Å²) >= 11 is 3.44. The van der Waals surface area contributed by atoms with Crippen molar-refractivity contribution in [3.05, 3.63) is 34.9 Å². The van der Waals surface area contributed by atoms with Crippen LogP contribution in [-0.2, 0) is 4.74 Å². The van der Waals surface area contributed by atoms with Crippen LogP contribution in [0.3, 0.4) is 0 Å². The fourth-order valence-electron chi connectivity index (χ4n) is 1.74. The van der Waals surface area contributed by atoms with Crippen LogP contribution in [-0.4, -0.2) is 23.7 Å². The highest BCUT2D eigenvalue weighted by molar-refractivity contribution is 9.10. The molecule has 0 aliphatic heterocycles. The number of hydrogen-bond acceptors (Lipinski definition) is 3. The molecule has 0 radical (unpaired) electrons. The Balaban J connectivity index is 2.35. The average molecular weight is 337 g/mol. The van der Waals surface area contributed by atoms with Crippen molar-refractivity contribution in [3.8, 4) is 0 Å². The van der Waals surface area contributed by atoms with Crippen molar-refractivity contribution in [1.82, 2.24) is 4.98 Å². The lowest BCUT2D eigenvalue weighted by Gasteiger charge is -2.24. The molecule has 0 saturated heterocycles. The number of carbonyl (C=O) groups is 1. The Kier molecular flexibility index (Phi) is 3.99. The molecule has 5 heteroatoms. The number of hydrogen-bond donors (Lipinski definition) is 0. The number of pyridine rings is 1. The minimum Gasteiger partial charge on any atom is -0.443 e. The second-order valence-corrected chi connectivity index (χ2v) is 6.28. The summed E-state index contributed by atoms with van der Waals surface area (Å²) < 4.78 is 6.05. The van der Waals surface area contributed by atoms with Crippen molar-refractivity contribution < 1.29 is 9.53 Å². The van der Waals surface area contributed by atoms with Gasteiger partial charge in [0, 0.05) is 12.4 Å². The van der Waals surface area contributed by atoms with Gasteiger partial charge >= 0.3 is 6.09 Å². The molecule has 1 amide bonds. The second kappa shape index (κ2) is 5.40. The van der Waals surface area contributed by atoms with Gasteiger partial charge in [-0.2, -0.15) is 0 Å². The normalized spacial score (nSPS) is 11.4. The molecule has 4 nitrogen and oxygen atoms in total. The van der Waals surface area contributed by atoms with Gasteiger partial charge < -0.3 is 4.74 Å². The molecule has 0 unspecified atom stereocenters. The van der Waals surface area contributed by atoms with Crippen LogP contribution < -0.4 is 4.90 Å². The van der Waals surface area contributed by atoms with Crippen LogP contribution in [0, 0.1) is 0 Å². The molecular formula is C15H17BrN2O2. The van der Waals surface area contributed by atoms with Crippen LogP contribution >= 0.6 is 15.9 Å². The molecular weight excluding hydrogens is 320 g/mol. The minimum atomic E-state index is -0.528. The lowest BCUT2D eigenvalue weighted by Crippen LogP contribution is -2.34. The molecule has 1 heterocycles. The summed E-state index contributed by atoms with van der Waals surface area (Å²) in [5.74, 6) is 0.546. The largest absolute Gasteiger partial charge is 0.443 e. The SMILES string of the molecule is CN(C(=O)OC(C)(C)C)c1cc2ccccc2c(Br)n1. The van der Waals surface area contributed by atoms with Crippen molar-refractivity contribution in [3.63, 3.8) is 0 Å². The zero-order valence-electron chi connectivity index (χ0n) is 12.0. The molecule has 2 aromatic rings. The van der Waals surface area contributed by atoms with Gasteiger partial charge in [-0.3, -0.25) is 4.90 Å². The van der Waals surface area contributed by atoms with E-state index in [1.165, 1.54) is 4.90 Å². The molecule has 20 heavy (non-hydrogen) atoms. The highest BCUT2D eigenvalue weighted by Crippen LogP contribution is 2.26. The van der Waals surface area contributed by atoms with Crippen LogP contribution in [0.25, 0.3) is 10.8 Å². The highest BCUT2D eigenvalue weighted by Gasteiger charge is 2.21. The van der Waals surface area contributed by atoms with Gasteiger partial charge in [-0.15, -0.1) is 0 Å². The van der Waals surface area contributed by atoms with E-state index in [1.807, 2.05) is 51.1 Å². The van der Waals surface area contributed by atoms with Crippen LogP contribution in [0.1, 0.15) is 20.8 Å². The maximum atomic E-state index is 12.1. The molecule has 0 saturated carbocycles. The summed E-state index contributed by atoms with van der Waals surface area (Å²) in [7, 11) is 1.65. The van der Waals surface area contributed by atoms with E-state index >= 15 is 0 Å². The molecule has 1 aromatic carbocycles. The number of nitrogens with zero attached hydrogens (tertiary/aromatic N) is 2. The summed E-state index contributed by atoms with van der Waals surface area (Å²) in [6.45, 7) is 5.51. The Bertz CT molecular complexity index is 650. The van der Waals surface area contributed by atoms with Gasteiger partial charge in [0.15, 0.2) is 0 Å². The second-order valence-electron chi connectivity index (χ2n) is 5.53. The molecule has 0 aliphatic carbocycles. The maximum Gasteiger partial charge on any atom is 0.415 e. The van der Waals surface area contributed by atoms with E-state index in [0.717, 1.165) is 10.8 Å². The number of aromatic nitrogens is 1. The third kappa shape index (κ3) is 3.28. The summed E-state index contributed by atoms with van der Waals surface area (Å²) in [6.07, 6.45) is -0.424. The predicted molar refractivity (Wildman–Crippen MR) is 84.1 cm³/mol. The molecule has 106 valence electrons. The Morgan fingerprint density at radius 2 is 1.95 bits per heavy atom. The van der Waals surface area contributed by atoms with E-state index in [9.17, 15) is 4.79 Å². The summed E-state index contributed by atoms with van der Waals surface area (Å²) in [5.41, 5.74) is -0.528. The Morgan fingerprint density at radius 3 is 2.60 bits per heavy atom. The number of amides is 1. The van der Waals surface area contributed by atoms with Gasteiger partial charge in [0.2, 0.25) is 0 Å². The third-order valence-electron chi connectivity index (χ3n) is 2.69. The topological polar surface area (TPSA) is 42.4 Å². The van der Waals surface area contributed by atoms with Crippen LogP contribution in [0.15, 0.2) is 34.9 Å². The van der Waals surface area contributed by atoms with E-state index in [2.05, 4.69) is 20.9 Å². The number of fused-ring (bicyclic) bond motifs is 1. The Labute approximate surface area is 126 Å². The zero-order valence-corrected chi connectivity index (χ0v) is 13.6. The summed E-state index contributed by atoms with van der Waals surface area (Å²) in [5, 5.41) is 2.02. The third-order valence-corrected chi connectivity index (χ3v) is 3.30. The van der Waals surface area contributed by atoms with Gasteiger partial charge in [0.1, 0.15) is 16.0 Å². The smallest absolute Gasteiger partial charge is 0.415 e. The number of carbonyl (C=O) groups excluding carboxylic acids is 1. The van der Waals surface area contributed by atoms with Crippen molar-refractivity contribution in [2.24, 2.45) is 0 Å². The van der Waals surface area contributed by atoms with Gasteiger partial charge in [-0.1, -0.05) is 24.3 Å². The first-order valence-electron chi connectivity index (χ1n) is 6.30. The predicted octanol–water partition coefficient (Wildman–Crippen LogP) is 4.37. The fourth-order valence-corrected chi connectivity index (χ4v) is 2.28. The van der Waals surface area contributed by atoms with Crippen LogP contribution in [0.2, 0.25) is 0 Å². The molecule has 0 spiro atoms. The van der Waals surface area contributed by atoms with Crippen LogP contribution in [0.5, 0.6) is 0 Å². The molecule has 0 atom stereocenters. The molecule has 2 rings (SSSR count). The average Bonchev–Trinajstić information content (AvgIpc) is 2.35. The molecule has 1 aromatic heterocycles. The van der Waals surface area contributed by atoms with Gasteiger partial charge in [-0.25, -0.2) is 9.78 Å². The lowest BCUT2D eigenvalue weighted by molar-refractivity contribution is 0.0588. The molecule has 0 N–H and O–H groups in total.